The maximum Gasteiger partial charge on any atom is 0.334 e. The van der Waals surface area contributed by atoms with E-state index in [-0.39, 0.29) is 5.75 Å². The van der Waals surface area contributed by atoms with Gasteiger partial charge in [0.2, 0.25) is 0 Å². The first-order valence-electron chi connectivity index (χ1n) is 7.36. The number of nitrogens with zero attached hydrogens (tertiary/aromatic N) is 1. The van der Waals surface area contributed by atoms with Crippen molar-refractivity contribution in [1.82, 2.24) is 4.90 Å². The Morgan fingerprint density at radius 2 is 1.42 bits per heavy atom. The third-order valence-electron chi connectivity index (χ3n) is 3.83. The summed E-state index contributed by atoms with van der Waals surface area (Å²) in [4.78, 5) is 38.1. The third-order valence-corrected chi connectivity index (χ3v) is 3.83. The van der Waals surface area contributed by atoms with E-state index >= 15 is 0 Å². The highest BCUT2D eigenvalue weighted by molar-refractivity contribution is 6.22. The number of carbonyl (C=O) groups excluding carboxylic acids is 3. The Hall–Kier alpha value is -3.15. The molecule has 0 aliphatic carbocycles. The molecule has 6 heteroatoms. The fourth-order valence-corrected chi connectivity index (χ4v) is 2.56. The number of esters is 1. The predicted molar refractivity (Wildman–Crippen MR) is 85.0 cm³/mol. The molecule has 1 atom stereocenters. The van der Waals surface area contributed by atoms with E-state index in [1.807, 2.05) is 0 Å². The van der Waals surface area contributed by atoms with E-state index in [0.717, 1.165) is 4.90 Å². The highest BCUT2D eigenvalue weighted by atomic mass is 16.6. The maximum absolute atomic E-state index is 12.4. The molecule has 0 saturated carbocycles. The topological polar surface area (TPSA) is 72.9 Å². The summed E-state index contributed by atoms with van der Waals surface area (Å²) < 4.78 is 10.4. The van der Waals surface area contributed by atoms with Crippen molar-refractivity contribution >= 4 is 17.8 Å². The lowest BCUT2D eigenvalue weighted by molar-refractivity contribution is -0.138. The van der Waals surface area contributed by atoms with Crippen LogP contribution in [0.2, 0.25) is 0 Å². The van der Waals surface area contributed by atoms with Crippen LogP contribution in [0, 0.1) is 0 Å². The van der Waals surface area contributed by atoms with Crippen molar-refractivity contribution in [3.05, 3.63) is 59.7 Å². The molecule has 2 aromatic rings. The number of rotatable bonds is 4. The van der Waals surface area contributed by atoms with Crippen LogP contribution in [-0.4, -0.2) is 35.8 Å². The summed E-state index contributed by atoms with van der Waals surface area (Å²) >= 11 is 0. The van der Waals surface area contributed by atoms with E-state index < -0.39 is 23.8 Å². The quantitative estimate of drug-likeness (QED) is 0.490. The monoisotopic (exact) mass is 325 g/mol. The van der Waals surface area contributed by atoms with Crippen LogP contribution in [0.1, 0.15) is 27.6 Å². The average Bonchev–Trinajstić information content (AvgIpc) is 2.86. The minimum absolute atomic E-state index is 0.230. The highest BCUT2D eigenvalue weighted by Crippen LogP contribution is 2.28. The molecule has 1 aliphatic rings. The summed E-state index contributed by atoms with van der Waals surface area (Å²) in [5, 5.41) is 0. The Balaban J connectivity index is 1.82. The lowest BCUT2D eigenvalue weighted by Crippen LogP contribution is -2.44. The van der Waals surface area contributed by atoms with Gasteiger partial charge >= 0.3 is 5.97 Å². The second kappa shape index (κ2) is 6.16. The molecule has 0 spiro atoms. The van der Waals surface area contributed by atoms with Crippen molar-refractivity contribution in [1.29, 1.82) is 0 Å². The fraction of sp³-hybridized carbons (Fsp3) is 0.167. The van der Waals surface area contributed by atoms with Crippen LogP contribution in [-0.2, 0) is 4.79 Å². The van der Waals surface area contributed by atoms with Crippen molar-refractivity contribution in [3.63, 3.8) is 0 Å². The normalized spacial score (nSPS) is 14.3. The van der Waals surface area contributed by atoms with Gasteiger partial charge in [0.05, 0.1) is 18.2 Å². The Kier molecular flexibility index (Phi) is 4.04. The molecule has 3 rings (SSSR count). The number of amides is 2. The van der Waals surface area contributed by atoms with Crippen LogP contribution in [0.5, 0.6) is 11.5 Å². The smallest absolute Gasteiger partial charge is 0.334 e. The minimum atomic E-state index is -1.05. The van der Waals surface area contributed by atoms with E-state index in [1.54, 1.807) is 48.5 Å². The molecule has 0 fully saturated rings. The van der Waals surface area contributed by atoms with Crippen molar-refractivity contribution < 1.29 is 23.9 Å². The van der Waals surface area contributed by atoms with Gasteiger partial charge in [0.25, 0.3) is 11.8 Å². The largest absolute Gasteiger partial charge is 0.493 e. The molecule has 1 heterocycles. The van der Waals surface area contributed by atoms with Crippen LogP contribution < -0.4 is 9.47 Å². The highest BCUT2D eigenvalue weighted by Gasteiger charge is 2.41. The van der Waals surface area contributed by atoms with Gasteiger partial charge in [-0.1, -0.05) is 24.3 Å². The molecule has 6 nitrogen and oxygen atoms in total. The fourth-order valence-electron chi connectivity index (χ4n) is 2.56. The first-order chi connectivity index (χ1) is 11.5. The zero-order valence-corrected chi connectivity index (χ0v) is 13.2. The van der Waals surface area contributed by atoms with Gasteiger partial charge in [-0.15, -0.1) is 0 Å². The zero-order valence-electron chi connectivity index (χ0n) is 13.2. The number of benzene rings is 2. The van der Waals surface area contributed by atoms with Crippen molar-refractivity contribution in [3.8, 4) is 11.5 Å². The Labute approximate surface area is 138 Å². The first-order valence-corrected chi connectivity index (χ1v) is 7.36. The number of hydrogen-bond acceptors (Lipinski definition) is 5. The number of imide groups is 1. The molecule has 0 radical (unpaired) electrons. The minimum Gasteiger partial charge on any atom is -0.493 e. The number of hydrogen-bond donors (Lipinski definition) is 0. The molecular formula is C18H15NO5. The van der Waals surface area contributed by atoms with Gasteiger partial charge in [-0.05, 0) is 31.2 Å². The SMILES string of the molecule is COc1ccccc1OC(=O)[C@H](C)N1C(=O)c2ccccc2C1=O. The average molecular weight is 325 g/mol. The molecule has 24 heavy (non-hydrogen) atoms. The second-order valence-electron chi connectivity index (χ2n) is 5.27. The molecule has 2 amide bonds. The van der Waals surface area contributed by atoms with E-state index in [2.05, 4.69) is 0 Å². The lowest BCUT2D eigenvalue weighted by atomic mass is 10.1. The van der Waals surface area contributed by atoms with E-state index in [4.69, 9.17) is 9.47 Å². The molecule has 0 N–H and O–H groups in total. The molecule has 2 aromatic carbocycles. The first kappa shape index (κ1) is 15.7. The number of carbonyl (C=O) groups is 3. The summed E-state index contributed by atoms with van der Waals surface area (Å²) in [7, 11) is 1.46. The summed E-state index contributed by atoms with van der Waals surface area (Å²) in [5.41, 5.74) is 0.582. The maximum atomic E-state index is 12.4. The number of methoxy groups -OCH3 is 1. The number of fused-ring (bicyclic) bond motifs is 1. The van der Waals surface area contributed by atoms with Crippen molar-refractivity contribution in [2.24, 2.45) is 0 Å². The Morgan fingerprint density at radius 3 is 1.96 bits per heavy atom. The summed E-state index contributed by atoms with van der Waals surface area (Å²) in [5.74, 6) is -1.09. The summed E-state index contributed by atoms with van der Waals surface area (Å²) in [6.45, 7) is 1.46. The van der Waals surface area contributed by atoms with E-state index in [0.29, 0.717) is 16.9 Å². The van der Waals surface area contributed by atoms with Crippen LogP contribution in [0.4, 0.5) is 0 Å². The zero-order chi connectivity index (χ0) is 17.3. The van der Waals surface area contributed by atoms with E-state index in [9.17, 15) is 14.4 Å². The second-order valence-corrected chi connectivity index (χ2v) is 5.27. The van der Waals surface area contributed by atoms with Crippen LogP contribution >= 0.6 is 0 Å². The summed E-state index contributed by atoms with van der Waals surface area (Å²) in [6, 6.07) is 12.1. The van der Waals surface area contributed by atoms with Gasteiger partial charge in [-0.25, -0.2) is 4.79 Å². The summed E-state index contributed by atoms with van der Waals surface area (Å²) in [6.07, 6.45) is 0. The third kappa shape index (κ3) is 2.52. The number of ether oxygens (including phenoxy) is 2. The lowest BCUT2D eigenvalue weighted by Gasteiger charge is -2.21. The Bertz CT molecular complexity index is 795. The predicted octanol–water partition coefficient (Wildman–Crippen LogP) is 2.29. The molecule has 0 saturated heterocycles. The van der Waals surface area contributed by atoms with Gasteiger partial charge in [0.1, 0.15) is 6.04 Å². The van der Waals surface area contributed by atoms with Crippen molar-refractivity contribution in [2.75, 3.05) is 7.11 Å². The van der Waals surface area contributed by atoms with Crippen molar-refractivity contribution in [2.45, 2.75) is 13.0 Å². The van der Waals surface area contributed by atoms with E-state index in [1.165, 1.54) is 14.0 Å². The number of para-hydroxylation sites is 2. The van der Waals surface area contributed by atoms with Gasteiger partial charge in [0.15, 0.2) is 11.5 Å². The molecular weight excluding hydrogens is 310 g/mol. The van der Waals surface area contributed by atoms with Gasteiger partial charge in [0, 0.05) is 0 Å². The molecule has 1 aliphatic heterocycles. The van der Waals surface area contributed by atoms with Gasteiger partial charge in [-0.3, -0.25) is 14.5 Å². The van der Waals surface area contributed by atoms with Crippen LogP contribution in [0.25, 0.3) is 0 Å². The van der Waals surface area contributed by atoms with Crippen LogP contribution in [0.15, 0.2) is 48.5 Å². The Morgan fingerprint density at radius 1 is 0.917 bits per heavy atom. The molecule has 0 unspecified atom stereocenters. The van der Waals surface area contributed by atoms with Gasteiger partial charge < -0.3 is 9.47 Å². The van der Waals surface area contributed by atoms with Crippen LogP contribution in [0.3, 0.4) is 0 Å². The molecule has 122 valence electrons. The molecule has 0 bridgehead atoms. The standard InChI is InChI=1S/C18H15NO5/c1-11(18(22)24-15-10-6-5-9-14(15)23-2)19-16(20)12-7-3-4-8-13(12)17(19)21/h3-11H,1-2H3/t11-/m0/s1. The molecule has 0 aromatic heterocycles. The van der Waals surface area contributed by atoms with Gasteiger partial charge in [-0.2, -0.15) is 0 Å².